The van der Waals surface area contributed by atoms with E-state index in [1.54, 1.807) is 0 Å². The molecule has 0 radical (unpaired) electrons. The molecule has 1 aliphatic heterocycles. The number of hydrogen-bond donors (Lipinski definition) is 1. The molecule has 0 aromatic heterocycles. The van der Waals surface area contributed by atoms with E-state index in [0.29, 0.717) is 12.0 Å². The van der Waals surface area contributed by atoms with Gasteiger partial charge in [-0.3, -0.25) is 4.79 Å². The molecule has 1 fully saturated rings. The third kappa shape index (κ3) is 4.06. The summed E-state index contributed by atoms with van der Waals surface area (Å²) in [5.74, 6) is 0.712. The van der Waals surface area contributed by atoms with Gasteiger partial charge >= 0.3 is 0 Å². The second-order valence-electron chi connectivity index (χ2n) is 5.80. The Balaban J connectivity index is 1.98. The minimum atomic E-state index is 0.145. The van der Waals surface area contributed by atoms with Gasteiger partial charge in [0.05, 0.1) is 5.56 Å². The Morgan fingerprint density at radius 1 is 1.45 bits per heavy atom. The summed E-state index contributed by atoms with van der Waals surface area (Å²) in [7, 11) is 0. The maximum Gasteiger partial charge on any atom is 0.255 e. The van der Waals surface area contributed by atoms with E-state index in [4.69, 9.17) is 0 Å². The van der Waals surface area contributed by atoms with E-state index < -0.39 is 0 Å². The van der Waals surface area contributed by atoms with E-state index >= 15 is 0 Å². The number of nitrogens with one attached hydrogen (secondary N) is 1. The Kier molecular flexibility index (Phi) is 5.61. The fraction of sp³-hybridized carbons (Fsp3) is 0.562. The number of hydrogen-bond acceptors (Lipinski definition) is 2. The highest BCUT2D eigenvalue weighted by atomic mass is 79.9. The summed E-state index contributed by atoms with van der Waals surface area (Å²) >= 11 is 3.47. The topological polar surface area (TPSA) is 32.3 Å². The van der Waals surface area contributed by atoms with Gasteiger partial charge in [0.25, 0.3) is 5.91 Å². The van der Waals surface area contributed by atoms with Crippen LogP contribution < -0.4 is 5.32 Å². The van der Waals surface area contributed by atoms with Gasteiger partial charge in [0.1, 0.15) is 0 Å². The largest absolute Gasteiger partial charge is 0.338 e. The standard InChI is InChI=1S/C16H23BrN2O/c1-12(2)18-10-13-6-5-9-19(11-13)16(20)14-7-3-4-8-15(14)17/h3-4,7-8,12-13,18H,5-6,9-11H2,1-2H3. The fourth-order valence-electron chi connectivity index (χ4n) is 2.62. The summed E-state index contributed by atoms with van der Waals surface area (Å²) in [6.45, 7) is 7.05. The van der Waals surface area contributed by atoms with Crippen LogP contribution >= 0.6 is 15.9 Å². The molecule has 1 N–H and O–H groups in total. The lowest BCUT2D eigenvalue weighted by Gasteiger charge is -2.33. The molecule has 1 aromatic rings. The van der Waals surface area contributed by atoms with Crippen molar-refractivity contribution in [1.82, 2.24) is 10.2 Å². The first-order valence-corrected chi connectivity index (χ1v) is 8.14. The van der Waals surface area contributed by atoms with E-state index in [2.05, 4.69) is 35.1 Å². The smallest absolute Gasteiger partial charge is 0.255 e. The van der Waals surface area contributed by atoms with E-state index in [-0.39, 0.29) is 5.91 Å². The van der Waals surface area contributed by atoms with E-state index in [0.717, 1.165) is 36.1 Å². The fourth-order valence-corrected chi connectivity index (χ4v) is 3.08. The molecule has 1 aromatic carbocycles. The molecule has 1 atom stereocenters. The third-order valence-corrected chi connectivity index (χ3v) is 4.42. The number of benzene rings is 1. The molecular formula is C16H23BrN2O. The molecule has 20 heavy (non-hydrogen) atoms. The normalized spacial score (nSPS) is 19.4. The van der Waals surface area contributed by atoms with Gasteiger partial charge in [0.2, 0.25) is 0 Å². The molecule has 1 amide bonds. The maximum absolute atomic E-state index is 12.6. The molecule has 1 heterocycles. The highest BCUT2D eigenvalue weighted by molar-refractivity contribution is 9.10. The molecule has 0 aliphatic carbocycles. The SMILES string of the molecule is CC(C)NCC1CCCN(C(=O)c2ccccc2Br)C1. The van der Waals surface area contributed by atoms with Crippen molar-refractivity contribution in [3.63, 3.8) is 0 Å². The highest BCUT2D eigenvalue weighted by Crippen LogP contribution is 2.22. The summed E-state index contributed by atoms with van der Waals surface area (Å²) in [6, 6.07) is 8.17. The zero-order chi connectivity index (χ0) is 14.5. The van der Waals surface area contributed by atoms with Crippen molar-refractivity contribution in [2.24, 2.45) is 5.92 Å². The van der Waals surface area contributed by atoms with Gasteiger partial charge in [-0.25, -0.2) is 0 Å². The molecular weight excluding hydrogens is 316 g/mol. The first kappa shape index (κ1) is 15.5. The summed E-state index contributed by atoms with van der Waals surface area (Å²) in [4.78, 5) is 14.6. The Morgan fingerprint density at radius 3 is 2.90 bits per heavy atom. The van der Waals surface area contributed by atoms with Crippen LogP contribution in [-0.2, 0) is 0 Å². The second kappa shape index (κ2) is 7.23. The van der Waals surface area contributed by atoms with Crippen LogP contribution in [0.4, 0.5) is 0 Å². The molecule has 3 nitrogen and oxygen atoms in total. The molecule has 4 heteroatoms. The van der Waals surface area contributed by atoms with Gasteiger partial charge < -0.3 is 10.2 Å². The van der Waals surface area contributed by atoms with Gasteiger partial charge in [-0.05, 0) is 53.4 Å². The van der Waals surface area contributed by atoms with E-state index in [1.807, 2.05) is 29.2 Å². The molecule has 1 unspecified atom stereocenters. The van der Waals surface area contributed by atoms with Gasteiger partial charge in [0.15, 0.2) is 0 Å². The molecule has 110 valence electrons. The van der Waals surface area contributed by atoms with Crippen molar-refractivity contribution in [3.05, 3.63) is 34.3 Å². The minimum Gasteiger partial charge on any atom is -0.338 e. The number of nitrogens with zero attached hydrogens (tertiary/aromatic N) is 1. The Morgan fingerprint density at radius 2 is 2.20 bits per heavy atom. The molecule has 0 spiro atoms. The van der Waals surface area contributed by atoms with E-state index in [9.17, 15) is 4.79 Å². The van der Waals surface area contributed by atoms with Crippen molar-refractivity contribution in [2.75, 3.05) is 19.6 Å². The second-order valence-corrected chi connectivity index (χ2v) is 6.66. The number of likely N-dealkylation sites (tertiary alicyclic amines) is 1. The summed E-state index contributed by atoms with van der Waals surface area (Å²) < 4.78 is 0.882. The predicted molar refractivity (Wildman–Crippen MR) is 85.9 cm³/mol. The monoisotopic (exact) mass is 338 g/mol. The van der Waals surface area contributed by atoms with Gasteiger partial charge in [0, 0.05) is 23.6 Å². The van der Waals surface area contributed by atoms with Crippen LogP contribution in [0.2, 0.25) is 0 Å². The molecule has 1 saturated heterocycles. The van der Waals surface area contributed by atoms with Crippen LogP contribution in [0.1, 0.15) is 37.0 Å². The first-order valence-electron chi connectivity index (χ1n) is 7.35. The summed E-state index contributed by atoms with van der Waals surface area (Å²) in [6.07, 6.45) is 2.31. The third-order valence-electron chi connectivity index (χ3n) is 3.73. The lowest BCUT2D eigenvalue weighted by molar-refractivity contribution is 0.0671. The zero-order valence-electron chi connectivity index (χ0n) is 12.2. The van der Waals surface area contributed by atoms with Crippen molar-refractivity contribution in [1.29, 1.82) is 0 Å². The van der Waals surface area contributed by atoms with Gasteiger partial charge in [-0.1, -0.05) is 26.0 Å². The number of amides is 1. The first-order chi connectivity index (χ1) is 9.58. The minimum absolute atomic E-state index is 0.145. The van der Waals surface area contributed by atoms with Crippen LogP contribution in [-0.4, -0.2) is 36.5 Å². The number of carbonyl (C=O) groups excluding carboxylic acids is 1. The maximum atomic E-state index is 12.6. The zero-order valence-corrected chi connectivity index (χ0v) is 13.8. The van der Waals surface area contributed by atoms with Crippen molar-refractivity contribution in [3.8, 4) is 0 Å². The number of rotatable bonds is 4. The average molecular weight is 339 g/mol. The summed E-state index contributed by atoms with van der Waals surface area (Å²) in [5, 5.41) is 3.48. The lowest BCUT2D eigenvalue weighted by atomic mass is 9.97. The summed E-state index contributed by atoms with van der Waals surface area (Å²) in [5.41, 5.74) is 0.768. The predicted octanol–water partition coefficient (Wildman–Crippen LogP) is 3.30. The van der Waals surface area contributed by atoms with Crippen LogP contribution in [0, 0.1) is 5.92 Å². The Bertz CT molecular complexity index is 462. The van der Waals surface area contributed by atoms with Crippen LogP contribution in [0.25, 0.3) is 0 Å². The quantitative estimate of drug-likeness (QED) is 0.913. The Labute approximate surface area is 129 Å². The highest BCUT2D eigenvalue weighted by Gasteiger charge is 2.25. The number of carbonyl (C=O) groups is 1. The van der Waals surface area contributed by atoms with Crippen LogP contribution in [0.15, 0.2) is 28.7 Å². The molecule has 2 rings (SSSR count). The van der Waals surface area contributed by atoms with Crippen LogP contribution in [0.5, 0.6) is 0 Å². The molecule has 0 bridgehead atoms. The number of piperidine rings is 1. The molecule has 0 saturated carbocycles. The van der Waals surface area contributed by atoms with E-state index in [1.165, 1.54) is 6.42 Å². The molecule has 1 aliphatic rings. The van der Waals surface area contributed by atoms with Crippen molar-refractivity contribution >= 4 is 21.8 Å². The van der Waals surface area contributed by atoms with Crippen molar-refractivity contribution < 1.29 is 4.79 Å². The van der Waals surface area contributed by atoms with Gasteiger partial charge in [-0.2, -0.15) is 0 Å². The van der Waals surface area contributed by atoms with Crippen molar-refractivity contribution in [2.45, 2.75) is 32.7 Å². The number of halogens is 1. The average Bonchev–Trinajstić information content (AvgIpc) is 2.45. The lowest BCUT2D eigenvalue weighted by Crippen LogP contribution is -2.43. The van der Waals surface area contributed by atoms with Crippen LogP contribution in [0.3, 0.4) is 0 Å². The van der Waals surface area contributed by atoms with Gasteiger partial charge in [-0.15, -0.1) is 0 Å². The Hall–Kier alpha value is -0.870.